The zero-order valence-electron chi connectivity index (χ0n) is 19.7. The van der Waals surface area contributed by atoms with Crippen LogP contribution in [-0.2, 0) is 15.8 Å². The van der Waals surface area contributed by atoms with Crippen molar-refractivity contribution in [2.75, 3.05) is 13.2 Å². The maximum Gasteiger partial charge on any atom is 0.192 e. The number of hydrogen-bond donors (Lipinski definition) is 1. The van der Waals surface area contributed by atoms with E-state index in [1.54, 1.807) is 0 Å². The Balaban J connectivity index is 2.21. The largest absolute Gasteiger partial charge is 0.410 e. The highest BCUT2D eigenvalue weighted by Gasteiger charge is 2.44. The molecule has 1 aromatic carbocycles. The molecule has 31 heavy (non-hydrogen) atoms. The lowest BCUT2D eigenvalue weighted by Crippen LogP contribution is -2.48. The molecule has 172 valence electrons. The van der Waals surface area contributed by atoms with Gasteiger partial charge in [-0.1, -0.05) is 85.3 Å². The third kappa shape index (κ3) is 6.51. The maximum atomic E-state index is 10.4. The Labute approximate surface area is 198 Å². The van der Waals surface area contributed by atoms with E-state index in [0.29, 0.717) is 13.2 Å². The predicted octanol–water partition coefficient (Wildman–Crippen LogP) is 6.72. The summed E-state index contributed by atoms with van der Waals surface area (Å²) in [4.78, 5) is 0. The Morgan fingerprint density at radius 2 is 1.84 bits per heavy atom. The van der Waals surface area contributed by atoms with Gasteiger partial charge in [-0.25, -0.2) is 0 Å². The molecule has 0 bridgehead atoms. The van der Waals surface area contributed by atoms with Crippen LogP contribution in [0.5, 0.6) is 0 Å². The highest BCUT2D eigenvalue weighted by Crippen LogP contribution is 2.45. The summed E-state index contributed by atoms with van der Waals surface area (Å²) in [5, 5.41) is 10.5. The Morgan fingerprint density at radius 1 is 1.19 bits per heavy atom. The summed E-state index contributed by atoms with van der Waals surface area (Å²) >= 11 is 3.81. The first-order valence-electron chi connectivity index (χ1n) is 11.1. The topological polar surface area (TPSA) is 38.7 Å². The molecule has 5 heteroatoms. The average molecular weight is 508 g/mol. The first-order chi connectivity index (χ1) is 14.6. The molecule has 1 aliphatic carbocycles. The number of ether oxygens (including phenoxy) is 1. The van der Waals surface area contributed by atoms with Crippen molar-refractivity contribution in [1.82, 2.24) is 0 Å². The Kier molecular flexibility index (Phi) is 9.52. The van der Waals surface area contributed by atoms with Crippen molar-refractivity contribution in [3.63, 3.8) is 0 Å². The van der Waals surface area contributed by atoms with Crippen molar-refractivity contribution < 1.29 is 14.3 Å². The molecule has 0 saturated carbocycles. The van der Waals surface area contributed by atoms with E-state index in [4.69, 9.17) is 9.16 Å². The van der Waals surface area contributed by atoms with Crippen molar-refractivity contribution in [1.29, 1.82) is 0 Å². The molecule has 1 aromatic rings. The van der Waals surface area contributed by atoms with Crippen molar-refractivity contribution in [3.8, 4) is 0 Å². The summed E-state index contributed by atoms with van der Waals surface area (Å²) < 4.78 is 13.9. The molecule has 1 N–H and O–H groups in total. The monoisotopic (exact) mass is 506 g/mol. The summed E-state index contributed by atoms with van der Waals surface area (Å²) in [6.07, 6.45) is 5.92. The molecular weight excluding hydrogens is 468 g/mol. The van der Waals surface area contributed by atoms with E-state index < -0.39 is 8.32 Å². The molecule has 0 aliphatic heterocycles. The number of rotatable bonds is 10. The van der Waals surface area contributed by atoms with Crippen molar-refractivity contribution in [2.45, 2.75) is 51.6 Å². The second kappa shape index (κ2) is 11.2. The van der Waals surface area contributed by atoms with Crippen LogP contribution in [0.15, 0.2) is 66.2 Å². The van der Waals surface area contributed by atoms with Crippen LogP contribution in [0.1, 0.15) is 26.3 Å². The first-order valence-corrected chi connectivity index (χ1v) is 14.8. The number of allylic oxidation sites excluding steroid dienone is 1. The van der Waals surface area contributed by atoms with Gasteiger partial charge < -0.3 is 14.3 Å². The molecule has 0 spiro atoms. The molecule has 0 radical (unpaired) electrons. The van der Waals surface area contributed by atoms with Gasteiger partial charge in [-0.2, -0.15) is 0 Å². The zero-order chi connectivity index (χ0) is 23.2. The van der Waals surface area contributed by atoms with Gasteiger partial charge in [-0.05, 0) is 40.0 Å². The number of benzene rings is 1. The van der Waals surface area contributed by atoms with Gasteiger partial charge in [0.05, 0.1) is 19.3 Å². The second-order valence-electron chi connectivity index (χ2n) is 9.97. The standard InChI is InChI=1S/C26H39BrO3Si/c1-8-20-22(16-28)21(25(9-2)30-31(6,7)26(3,4)5)15-24(27)23(20)18-29-17-19-13-11-10-12-14-19/h8-15,20-23,25,28H,1-2,16-18H2,3-7H3/t20-,21+,22-,23+,25?/m1/s1. The molecule has 3 nitrogen and oxygen atoms in total. The minimum absolute atomic E-state index is 0.00288. The number of aliphatic hydroxyl groups is 1. The van der Waals surface area contributed by atoms with E-state index in [1.807, 2.05) is 30.4 Å². The van der Waals surface area contributed by atoms with Crippen molar-refractivity contribution in [3.05, 3.63) is 71.8 Å². The lowest BCUT2D eigenvalue weighted by molar-refractivity contribution is 0.0322. The number of halogens is 1. The molecular formula is C26H39BrO3Si. The average Bonchev–Trinajstić information content (AvgIpc) is 2.72. The third-order valence-corrected chi connectivity index (χ3v) is 12.2. The fraction of sp³-hybridized carbons (Fsp3) is 0.538. The van der Waals surface area contributed by atoms with Crippen LogP contribution < -0.4 is 0 Å². The van der Waals surface area contributed by atoms with Crippen LogP contribution in [0.4, 0.5) is 0 Å². The van der Waals surface area contributed by atoms with Crippen LogP contribution >= 0.6 is 15.9 Å². The summed E-state index contributed by atoms with van der Waals surface area (Å²) in [6.45, 7) is 20.6. The Bertz CT molecular complexity index is 754. The van der Waals surface area contributed by atoms with Crippen LogP contribution in [0, 0.1) is 23.7 Å². The molecule has 0 fully saturated rings. The zero-order valence-corrected chi connectivity index (χ0v) is 22.3. The van der Waals surface area contributed by atoms with Crippen LogP contribution in [0.2, 0.25) is 18.1 Å². The molecule has 0 saturated heterocycles. The van der Waals surface area contributed by atoms with Gasteiger partial charge in [-0.3, -0.25) is 0 Å². The van der Waals surface area contributed by atoms with Gasteiger partial charge in [0.2, 0.25) is 0 Å². The lowest BCUT2D eigenvalue weighted by atomic mass is 9.69. The van der Waals surface area contributed by atoms with Crippen LogP contribution in [-0.4, -0.2) is 32.7 Å². The van der Waals surface area contributed by atoms with Gasteiger partial charge in [0, 0.05) is 18.4 Å². The van der Waals surface area contributed by atoms with Gasteiger partial charge >= 0.3 is 0 Å². The number of hydrogen-bond acceptors (Lipinski definition) is 3. The number of aliphatic hydroxyl groups excluding tert-OH is 1. The quantitative estimate of drug-likeness (QED) is 0.282. The molecule has 5 atom stereocenters. The smallest absolute Gasteiger partial charge is 0.192 e. The summed E-state index contributed by atoms with van der Waals surface area (Å²) in [6, 6.07) is 10.2. The first kappa shape index (κ1) is 26.3. The molecule has 2 rings (SSSR count). The van der Waals surface area contributed by atoms with Crippen LogP contribution in [0.3, 0.4) is 0 Å². The molecule has 0 aromatic heterocycles. The third-order valence-electron chi connectivity index (χ3n) is 6.90. The predicted molar refractivity (Wildman–Crippen MR) is 137 cm³/mol. The molecule has 1 aliphatic rings. The van der Waals surface area contributed by atoms with Gasteiger partial charge in [0.1, 0.15) is 0 Å². The highest BCUT2D eigenvalue weighted by molar-refractivity contribution is 9.11. The van der Waals surface area contributed by atoms with Crippen molar-refractivity contribution >= 4 is 24.2 Å². The normalized spacial score (nSPS) is 25.6. The molecule has 1 unspecified atom stereocenters. The fourth-order valence-electron chi connectivity index (χ4n) is 3.96. The summed E-state index contributed by atoms with van der Waals surface area (Å²) in [5.41, 5.74) is 1.15. The minimum Gasteiger partial charge on any atom is -0.410 e. The van der Waals surface area contributed by atoms with Crippen molar-refractivity contribution in [2.24, 2.45) is 23.7 Å². The fourth-order valence-corrected chi connectivity index (χ4v) is 5.99. The van der Waals surface area contributed by atoms with Gasteiger partial charge in [0.15, 0.2) is 8.32 Å². The van der Waals surface area contributed by atoms with Crippen LogP contribution in [0.25, 0.3) is 0 Å². The minimum atomic E-state index is -1.99. The SMILES string of the molecule is C=CC(O[Si](C)(C)C(C)(C)C)[C@H]1C=C(Br)[C@@H](COCc2ccccc2)[C@H](C=C)[C@H]1CO. The van der Waals surface area contributed by atoms with E-state index in [-0.39, 0.29) is 41.4 Å². The maximum absolute atomic E-state index is 10.4. The summed E-state index contributed by atoms with van der Waals surface area (Å²) in [7, 11) is -1.99. The second-order valence-corrected chi connectivity index (χ2v) is 15.6. The molecule has 0 amide bonds. The van der Waals surface area contributed by atoms with E-state index in [2.05, 4.69) is 81.2 Å². The Hall–Kier alpha value is -0.983. The summed E-state index contributed by atoms with van der Waals surface area (Å²) in [5.74, 6) is 0.222. The van der Waals surface area contributed by atoms with Gasteiger partial charge in [0.25, 0.3) is 0 Å². The molecule has 0 heterocycles. The highest BCUT2D eigenvalue weighted by atomic mass is 79.9. The lowest BCUT2D eigenvalue weighted by Gasteiger charge is -2.45. The van der Waals surface area contributed by atoms with E-state index in [0.717, 1.165) is 10.0 Å². The van der Waals surface area contributed by atoms with E-state index in [1.165, 1.54) is 0 Å². The van der Waals surface area contributed by atoms with Gasteiger partial charge in [-0.15, -0.1) is 13.2 Å². The Morgan fingerprint density at radius 3 is 2.35 bits per heavy atom. The van der Waals surface area contributed by atoms with E-state index >= 15 is 0 Å². The van der Waals surface area contributed by atoms with E-state index in [9.17, 15) is 5.11 Å².